The fraction of sp³-hybridized carbons (Fsp3) is 0.273. The highest BCUT2D eigenvalue weighted by molar-refractivity contribution is 7.09. The van der Waals surface area contributed by atoms with Gasteiger partial charge in [0.25, 0.3) is 0 Å². The molecule has 1 aromatic carbocycles. The van der Waals surface area contributed by atoms with E-state index in [1.165, 1.54) is 0 Å². The number of nitrogens with two attached hydrogens (primary N) is 1. The largest absolute Gasteiger partial charge is 0.493 e. The van der Waals surface area contributed by atoms with Crippen LogP contribution in [0.3, 0.4) is 0 Å². The summed E-state index contributed by atoms with van der Waals surface area (Å²) in [4.78, 5) is 0. The van der Waals surface area contributed by atoms with Gasteiger partial charge in [0.05, 0.1) is 7.11 Å². The van der Waals surface area contributed by atoms with Crippen molar-refractivity contribution in [1.29, 1.82) is 0 Å². The summed E-state index contributed by atoms with van der Waals surface area (Å²) in [5.74, 6) is 1.37. The van der Waals surface area contributed by atoms with Crippen LogP contribution in [-0.2, 0) is 6.61 Å². The maximum Gasteiger partial charge on any atom is 0.161 e. The van der Waals surface area contributed by atoms with E-state index in [1.807, 2.05) is 25.1 Å². The molecule has 2 rings (SSSR count). The molecule has 0 aliphatic rings. The molecule has 1 heterocycles. The third-order valence-corrected chi connectivity index (χ3v) is 2.86. The smallest absolute Gasteiger partial charge is 0.161 e. The van der Waals surface area contributed by atoms with Crippen LogP contribution in [0.5, 0.6) is 11.5 Å². The van der Waals surface area contributed by atoms with Gasteiger partial charge in [-0.3, -0.25) is 0 Å². The van der Waals surface area contributed by atoms with E-state index < -0.39 is 0 Å². The molecule has 0 saturated heterocycles. The molecule has 90 valence electrons. The summed E-state index contributed by atoms with van der Waals surface area (Å²) in [6.45, 7) is 2.29. The van der Waals surface area contributed by atoms with Crippen LogP contribution < -0.4 is 15.2 Å². The molecule has 0 amide bonds. The maximum atomic E-state index is 5.68. The number of ether oxygens (including phenoxy) is 2. The minimum Gasteiger partial charge on any atom is -0.493 e. The Balaban J connectivity index is 2.11. The lowest BCUT2D eigenvalue weighted by Crippen LogP contribution is -2.00. The summed E-state index contributed by atoms with van der Waals surface area (Å²) in [5.41, 5.74) is 7.45. The summed E-state index contributed by atoms with van der Waals surface area (Å²) in [6.07, 6.45) is 0. The Morgan fingerprint density at radius 3 is 2.82 bits per heavy atom. The van der Waals surface area contributed by atoms with Gasteiger partial charge in [0.15, 0.2) is 11.5 Å². The van der Waals surface area contributed by atoms with Crippen molar-refractivity contribution in [2.24, 2.45) is 0 Å². The van der Waals surface area contributed by atoms with Crippen LogP contribution in [0.25, 0.3) is 0 Å². The first-order valence-electron chi connectivity index (χ1n) is 5.05. The molecule has 0 radical (unpaired) electrons. The Morgan fingerprint density at radius 1 is 1.35 bits per heavy atom. The van der Waals surface area contributed by atoms with E-state index in [0.29, 0.717) is 28.8 Å². The van der Waals surface area contributed by atoms with Crippen molar-refractivity contribution in [3.8, 4) is 11.5 Å². The van der Waals surface area contributed by atoms with Crippen molar-refractivity contribution >= 4 is 16.5 Å². The number of hydrogen-bond donors (Lipinski definition) is 1. The zero-order valence-corrected chi connectivity index (χ0v) is 10.5. The SMILES string of the molecule is COc1cc(C)ccc1OCc1nnsc1N. The standard InChI is InChI=1S/C11H13N3O2S/c1-7-3-4-9(10(5-7)15-2)16-6-8-11(12)17-14-13-8/h3-5H,6,12H2,1-2H3. The molecule has 0 aliphatic heterocycles. The highest BCUT2D eigenvalue weighted by atomic mass is 32.1. The maximum absolute atomic E-state index is 5.68. The van der Waals surface area contributed by atoms with E-state index >= 15 is 0 Å². The third kappa shape index (κ3) is 2.65. The molecular formula is C11H13N3O2S. The highest BCUT2D eigenvalue weighted by Crippen LogP contribution is 2.28. The van der Waals surface area contributed by atoms with Gasteiger partial charge < -0.3 is 15.2 Å². The van der Waals surface area contributed by atoms with Gasteiger partial charge in [0.1, 0.15) is 17.3 Å². The van der Waals surface area contributed by atoms with Gasteiger partial charge in [-0.25, -0.2) is 0 Å². The van der Waals surface area contributed by atoms with Gasteiger partial charge in [-0.2, -0.15) is 0 Å². The van der Waals surface area contributed by atoms with E-state index in [9.17, 15) is 0 Å². The van der Waals surface area contributed by atoms with Gasteiger partial charge in [0.2, 0.25) is 0 Å². The van der Waals surface area contributed by atoms with Crippen LogP contribution in [0, 0.1) is 6.92 Å². The summed E-state index contributed by atoms with van der Waals surface area (Å²) in [6, 6.07) is 5.74. The van der Waals surface area contributed by atoms with Crippen molar-refractivity contribution < 1.29 is 9.47 Å². The van der Waals surface area contributed by atoms with Crippen LogP contribution in [0.2, 0.25) is 0 Å². The second-order valence-electron chi connectivity index (χ2n) is 3.53. The van der Waals surface area contributed by atoms with E-state index in [0.717, 1.165) is 17.1 Å². The Morgan fingerprint density at radius 2 is 2.18 bits per heavy atom. The van der Waals surface area contributed by atoms with E-state index in [4.69, 9.17) is 15.2 Å². The van der Waals surface area contributed by atoms with Crippen molar-refractivity contribution in [2.45, 2.75) is 13.5 Å². The highest BCUT2D eigenvalue weighted by Gasteiger charge is 2.08. The number of aromatic nitrogens is 2. The number of nitrogen functional groups attached to an aromatic ring is 1. The first kappa shape index (κ1) is 11.7. The van der Waals surface area contributed by atoms with Crippen molar-refractivity contribution in [3.05, 3.63) is 29.5 Å². The van der Waals surface area contributed by atoms with Gasteiger partial charge in [-0.1, -0.05) is 10.6 Å². The average Bonchev–Trinajstić information content (AvgIpc) is 2.73. The summed E-state index contributed by atoms with van der Waals surface area (Å²) >= 11 is 1.16. The van der Waals surface area contributed by atoms with Crippen molar-refractivity contribution in [2.75, 3.05) is 12.8 Å². The summed E-state index contributed by atoms with van der Waals surface area (Å²) in [7, 11) is 1.61. The molecule has 5 nitrogen and oxygen atoms in total. The molecule has 6 heteroatoms. The number of aryl methyl sites for hydroxylation is 1. The Hall–Kier alpha value is -1.82. The van der Waals surface area contributed by atoms with Crippen LogP contribution >= 0.6 is 11.5 Å². The molecule has 17 heavy (non-hydrogen) atoms. The van der Waals surface area contributed by atoms with E-state index in [-0.39, 0.29) is 0 Å². The molecule has 0 saturated carbocycles. The molecule has 2 aromatic rings. The zero-order valence-electron chi connectivity index (χ0n) is 9.64. The van der Waals surface area contributed by atoms with Crippen LogP contribution in [-0.4, -0.2) is 16.7 Å². The molecule has 0 spiro atoms. The third-order valence-electron chi connectivity index (χ3n) is 2.27. The quantitative estimate of drug-likeness (QED) is 0.900. The average molecular weight is 251 g/mol. The number of rotatable bonds is 4. The summed E-state index contributed by atoms with van der Waals surface area (Å²) in [5, 5.41) is 4.46. The van der Waals surface area contributed by atoms with Crippen LogP contribution in [0.1, 0.15) is 11.3 Å². The first-order chi connectivity index (χ1) is 8.20. The molecular weight excluding hydrogens is 238 g/mol. The second kappa shape index (κ2) is 5.01. The van der Waals surface area contributed by atoms with Crippen molar-refractivity contribution in [3.63, 3.8) is 0 Å². The van der Waals surface area contributed by atoms with Crippen molar-refractivity contribution in [1.82, 2.24) is 9.59 Å². The molecule has 1 aromatic heterocycles. The van der Waals surface area contributed by atoms with E-state index in [2.05, 4.69) is 9.59 Å². The monoisotopic (exact) mass is 251 g/mol. The second-order valence-corrected chi connectivity index (χ2v) is 4.31. The molecule has 0 fully saturated rings. The fourth-order valence-corrected chi connectivity index (χ4v) is 1.79. The minimum absolute atomic E-state index is 0.293. The lowest BCUT2D eigenvalue weighted by Gasteiger charge is -2.10. The molecule has 0 aliphatic carbocycles. The Labute approximate surface area is 103 Å². The number of nitrogens with zero attached hydrogens (tertiary/aromatic N) is 2. The molecule has 2 N–H and O–H groups in total. The first-order valence-corrected chi connectivity index (χ1v) is 5.82. The van der Waals surface area contributed by atoms with E-state index in [1.54, 1.807) is 7.11 Å². The van der Waals surface area contributed by atoms with Gasteiger partial charge >= 0.3 is 0 Å². The minimum atomic E-state index is 0.293. The molecule has 0 unspecified atom stereocenters. The predicted octanol–water partition coefficient (Wildman–Crippen LogP) is 2.02. The Kier molecular flexibility index (Phi) is 3.43. The fourth-order valence-electron chi connectivity index (χ4n) is 1.36. The van der Waals surface area contributed by atoms with Crippen LogP contribution in [0.4, 0.5) is 5.00 Å². The van der Waals surface area contributed by atoms with Gasteiger partial charge in [-0.15, -0.1) is 5.10 Å². The van der Waals surface area contributed by atoms with Gasteiger partial charge in [0, 0.05) is 11.5 Å². The number of hydrogen-bond acceptors (Lipinski definition) is 6. The number of methoxy groups -OCH3 is 1. The van der Waals surface area contributed by atoms with Crippen LogP contribution in [0.15, 0.2) is 18.2 Å². The Bertz CT molecular complexity index is 513. The number of anilines is 1. The normalized spacial score (nSPS) is 10.2. The predicted molar refractivity (Wildman–Crippen MR) is 66.4 cm³/mol. The topological polar surface area (TPSA) is 70.3 Å². The summed E-state index contributed by atoms with van der Waals surface area (Å²) < 4.78 is 14.6. The molecule has 0 atom stereocenters. The zero-order chi connectivity index (χ0) is 12.3. The molecule has 0 bridgehead atoms. The lowest BCUT2D eigenvalue weighted by molar-refractivity contribution is 0.281. The number of benzene rings is 1. The van der Waals surface area contributed by atoms with Gasteiger partial charge in [-0.05, 0) is 24.6 Å². The lowest BCUT2D eigenvalue weighted by atomic mass is 10.2.